The van der Waals surface area contributed by atoms with E-state index in [1.807, 2.05) is 91.0 Å². The van der Waals surface area contributed by atoms with E-state index in [2.05, 4.69) is 0 Å². The molecule has 0 amide bonds. The van der Waals surface area contributed by atoms with Gasteiger partial charge in [-0.3, -0.25) is 4.99 Å². The predicted octanol–water partition coefficient (Wildman–Crippen LogP) is 5.50. The highest BCUT2D eigenvalue weighted by Crippen LogP contribution is 2.36. The van der Waals surface area contributed by atoms with Crippen LogP contribution >= 0.6 is 0 Å². The van der Waals surface area contributed by atoms with Gasteiger partial charge in [0.05, 0.1) is 6.04 Å². The van der Waals surface area contributed by atoms with Gasteiger partial charge in [-0.15, -0.1) is 0 Å². The predicted molar refractivity (Wildman–Crippen MR) is 125 cm³/mol. The summed E-state index contributed by atoms with van der Waals surface area (Å²) < 4.78 is 13.9. The first-order chi connectivity index (χ1) is 15.6. The van der Waals surface area contributed by atoms with Crippen molar-refractivity contribution >= 4 is 6.21 Å². The Labute approximate surface area is 187 Å². The smallest absolute Gasteiger partial charge is 0.165 e. The van der Waals surface area contributed by atoms with Gasteiger partial charge in [0.2, 0.25) is 0 Å². The first-order valence-electron chi connectivity index (χ1n) is 10.5. The van der Waals surface area contributed by atoms with E-state index in [0.717, 1.165) is 5.56 Å². The van der Waals surface area contributed by atoms with Gasteiger partial charge in [0.1, 0.15) is 5.60 Å². The Morgan fingerprint density at radius 1 is 0.750 bits per heavy atom. The standard InChI is InChI=1S/C28H24FNO2/c29-25-18-10-13-22(27(25)31)20-30-26(19-21-11-4-1-5-12-21)28(32,23-14-6-2-7-15-23)24-16-8-3-9-17-24/h1-18,20,26,31-32H,19H2. The number of nitrogens with zero attached hydrogens (tertiary/aromatic N) is 1. The largest absolute Gasteiger partial charge is 0.504 e. The molecule has 0 aliphatic rings. The van der Waals surface area contributed by atoms with Crippen LogP contribution in [-0.4, -0.2) is 22.5 Å². The number of hydrogen-bond acceptors (Lipinski definition) is 3. The highest BCUT2D eigenvalue weighted by atomic mass is 19.1. The summed E-state index contributed by atoms with van der Waals surface area (Å²) in [4.78, 5) is 4.71. The van der Waals surface area contributed by atoms with E-state index < -0.39 is 23.2 Å². The minimum atomic E-state index is -1.45. The van der Waals surface area contributed by atoms with Gasteiger partial charge in [-0.25, -0.2) is 4.39 Å². The minimum absolute atomic E-state index is 0.256. The molecule has 0 bridgehead atoms. The van der Waals surface area contributed by atoms with E-state index in [0.29, 0.717) is 17.5 Å². The Balaban J connectivity index is 1.85. The fourth-order valence-corrected chi connectivity index (χ4v) is 3.89. The Morgan fingerprint density at radius 3 is 1.84 bits per heavy atom. The van der Waals surface area contributed by atoms with E-state index in [-0.39, 0.29) is 5.56 Å². The highest BCUT2D eigenvalue weighted by Gasteiger charge is 2.40. The van der Waals surface area contributed by atoms with Crippen molar-refractivity contribution in [3.8, 4) is 5.75 Å². The van der Waals surface area contributed by atoms with Crippen LogP contribution in [0.1, 0.15) is 22.3 Å². The third-order valence-corrected chi connectivity index (χ3v) is 5.59. The van der Waals surface area contributed by atoms with Gasteiger partial charge in [-0.05, 0) is 35.2 Å². The monoisotopic (exact) mass is 425 g/mol. The lowest BCUT2D eigenvalue weighted by Crippen LogP contribution is -2.41. The molecule has 0 fully saturated rings. The van der Waals surface area contributed by atoms with E-state index >= 15 is 0 Å². The summed E-state index contributed by atoms with van der Waals surface area (Å²) in [6.45, 7) is 0. The lowest BCUT2D eigenvalue weighted by molar-refractivity contribution is 0.0528. The molecule has 3 nitrogen and oxygen atoms in total. The zero-order chi connectivity index (χ0) is 22.4. The minimum Gasteiger partial charge on any atom is -0.504 e. The van der Waals surface area contributed by atoms with Gasteiger partial charge in [0.25, 0.3) is 0 Å². The summed E-state index contributed by atoms with van der Waals surface area (Å²) in [7, 11) is 0. The number of aliphatic imine (C=N–C) groups is 1. The van der Waals surface area contributed by atoms with Crippen molar-refractivity contribution in [2.24, 2.45) is 4.99 Å². The second kappa shape index (κ2) is 9.58. The highest BCUT2D eigenvalue weighted by molar-refractivity contribution is 5.83. The first kappa shape index (κ1) is 21.5. The van der Waals surface area contributed by atoms with Crippen molar-refractivity contribution in [3.63, 3.8) is 0 Å². The summed E-state index contributed by atoms with van der Waals surface area (Å²) in [5, 5.41) is 22.3. The third-order valence-electron chi connectivity index (χ3n) is 5.59. The molecule has 0 aromatic heterocycles. The number of phenolic OH excluding ortho intramolecular Hbond substituents is 1. The van der Waals surface area contributed by atoms with Gasteiger partial charge in [-0.2, -0.15) is 0 Å². The van der Waals surface area contributed by atoms with Crippen molar-refractivity contribution in [1.82, 2.24) is 0 Å². The number of aromatic hydroxyl groups is 1. The fourth-order valence-electron chi connectivity index (χ4n) is 3.89. The van der Waals surface area contributed by atoms with Crippen molar-refractivity contribution in [2.75, 3.05) is 0 Å². The van der Waals surface area contributed by atoms with Gasteiger partial charge < -0.3 is 10.2 Å². The second-order valence-corrected chi connectivity index (χ2v) is 7.66. The summed E-state index contributed by atoms with van der Waals surface area (Å²) in [6.07, 6.45) is 1.87. The van der Waals surface area contributed by atoms with Crippen LogP contribution in [0.3, 0.4) is 0 Å². The molecule has 0 saturated heterocycles. The zero-order valence-electron chi connectivity index (χ0n) is 17.5. The zero-order valence-corrected chi connectivity index (χ0v) is 17.5. The van der Waals surface area contributed by atoms with Crippen LogP contribution in [0.5, 0.6) is 5.75 Å². The average molecular weight is 426 g/mol. The van der Waals surface area contributed by atoms with Crippen LogP contribution in [0.2, 0.25) is 0 Å². The molecule has 0 aliphatic carbocycles. The quantitative estimate of drug-likeness (QED) is 0.384. The molecule has 0 saturated carbocycles. The topological polar surface area (TPSA) is 52.8 Å². The normalized spacial score (nSPS) is 12.7. The maximum atomic E-state index is 13.9. The fraction of sp³-hybridized carbons (Fsp3) is 0.107. The molecule has 4 heteroatoms. The molecule has 1 atom stereocenters. The number of para-hydroxylation sites is 1. The number of benzene rings is 4. The molecule has 1 unspecified atom stereocenters. The van der Waals surface area contributed by atoms with Crippen molar-refractivity contribution < 1.29 is 14.6 Å². The molecule has 4 aromatic carbocycles. The molecular formula is C28H24FNO2. The second-order valence-electron chi connectivity index (χ2n) is 7.66. The van der Waals surface area contributed by atoms with Gasteiger partial charge >= 0.3 is 0 Å². The first-order valence-corrected chi connectivity index (χ1v) is 10.5. The maximum absolute atomic E-state index is 13.9. The average Bonchev–Trinajstić information content (AvgIpc) is 2.85. The van der Waals surface area contributed by atoms with Crippen LogP contribution in [0, 0.1) is 5.82 Å². The Hall–Kier alpha value is -3.76. The van der Waals surface area contributed by atoms with Crippen LogP contribution in [-0.2, 0) is 12.0 Å². The maximum Gasteiger partial charge on any atom is 0.165 e. The summed E-state index contributed by atoms with van der Waals surface area (Å²) >= 11 is 0. The van der Waals surface area contributed by atoms with E-state index in [1.165, 1.54) is 18.3 Å². The molecule has 160 valence electrons. The van der Waals surface area contributed by atoms with Gasteiger partial charge in [0.15, 0.2) is 11.6 Å². The number of phenols is 1. The molecule has 2 N–H and O–H groups in total. The van der Waals surface area contributed by atoms with Crippen LogP contribution < -0.4 is 0 Å². The number of halogens is 1. The molecule has 32 heavy (non-hydrogen) atoms. The Bertz CT molecular complexity index is 1140. The van der Waals surface area contributed by atoms with E-state index in [9.17, 15) is 14.6 Å². The lowest BCUT2D eigenvalue weighted by Gasteiger charge is -2.35. The van der Waals surface area contributed by atoms with Gasteiger partial charge in [-0.1, -0.05) is 97.1 Å². The van der Waals surface area contributed by atoms with Crippen molar-refractivity contribution in [1.29, 1.82) is 0 Å². The van der Waals surface area contributed by atoms with Crippen molar-refractivity contribution in [2.45, 2.75) is 18.1 Å². The molecule has 0 heterocycles. The molecule has 4 rings (SSSR count). The summed E-state index contributed by atoms with van der Waals surface area (Å²) in [5.74, 6) is -1.17. The van der Waals surface area contributed by atoms with Crippen LogP contribution in [0.25, 0.3) is 0 Å². The van der Waals surface area contributed by atoms with Crippen molar-refractivity contribution in [3.05, 3.63) is 137 Å². The lowest BCUT2D eigenvalue weighted by atomic mass is 9.78. The number of aliphatic hydroxyl groups is 1. The molecule has 0 spiro atoms. The Morgan fingerprint density at radius 2 is 1.28 bits per heavy atom. The molecule has 0 aliphatic heterocycles. The number of hydrogen-bond donors (Lipinski definition) is 2. The third kappa shape index (κ3) is 4.46. The Kier molecular flexibility index (Phi) is 6.43. The summed E-state index contributed by atoms with van der Waals surface area (Å²) in [6, 6.07) is 32.3. The summed E-state index contributed by atoms with van der Waals surface area (Å²) in [5.41, 5.74) is 1.22. The molecular weight excluding hydrogens is 401 g/mol. The van der Waals surface area contributed by atoms with Gasteiger partial charge in [0, 0.05) is 11.8 Å². The van der Waals surface area contributed by atoms with Crippen LogP contribution in [0.15, 0.2) is 114 Å². The van der Waals surface area contributed by atoms with E-state index in [4.69, 9.17) is 4.99 Å². The van der Waals surface area contributed by atoms with E-state index in [1.54, 1.807) is 6.07 Å². The SMILES string of the molecule is Oc1c(F)cccc1C=NC(Cc1ccccc1)C(O)(c1ccccc1)c1ccccc1. The molecule has 4 aromatic rings. The number of rotatable bonds is 7. The molecule has 0 radical (unpaired) electrons. The van der Waals surface area contributed by atoms with Crippen LogP contribution in [0.4, 0.5) is 4.39 Å².